The van der Waals surface area contributed by atoms with Crippen LogP contribution < -0.4 is 4.90 Å². The van der Waals surface area contributed by atoms with Crippen LogP contribution in [0.15, 0.2) is 12.4 Å². The highest BCUT2D eigenvalue weighted by Crippen LogP contribution is 2.26. The minimum absolute atomic E-state index is 1.04. The zero-order valence-corrected chi connectivity index (χ0v) is 12.0. The van der Waals surface area contributed by atoms with Gasteiger partial charge in [0.25, 0.3) is 0 Å². The van der Waals surface area contributed by atoms with Crippen molar-refractivity contribution < 1.29 is 0 Å². The number of nitrogens with zero attached hydrogens (tertiary/aromatic N) is 5. The molecule has 106 valence electrons. The quantitative estimate of drug-likeness (QED) is 0.785. The van der Waals surface area contributed by atoms with Crippen molar-refractivity contribution in [2.24, 2.45) is 0 Å². The Hall–Kier alpha value is -1.62. The van der Waals surface area contributed by atoms with Gasteiger partial charge in [-0.25, -0.2) is 9.97 Å². The molecule has 1 aliphatic heterocycles. The number of hydrogen-bond acceptors (Lipinski definition) is 4. The van der Waals surface area contributed by atoms with Crippen LogP contribution in [0.4, 0.5) is 5.82 Å². The van der Waals surface area contributed by atoms with Crippen molar-refractivity contribution in [1.29, 1.82) is 0 Å². The summed E-state index contributed by atoms with van der Waals surface area (Å²) in [6.07, 6.45) is 8.84. The number of aryl methyl sites for hydroxylation is 2. The average molecular weight is 271 g/mol. The van der Waals surface area contributed by atoms with Gasteiger partial charge in [0.15, 0.2) is 11.5 Å². The second-order valence-corrected chi connectivity index (χ2v) is 5.95. The van der Waals surface area contributed by atoms with E-state index < -0.39 is 0 Å². The first-order valence-corrected chi connectivity index (χ1v) is 7.61. The zero-order valence-electron chi connectivity index (χ0n) is 12.0. The molecule has 0 atom stereocenters. The van der Waals surface area contributed by atoms with E-state index in [1.165, 1.54) is 24.2 Å². The van der Waals surface area contributed by atoms with Gasteiger partial charge in [-0.05, 0) is 32.7 Å². The maximum atomic E-state index is 4.89. The van der Waals surface area contributed by atoms with E-state index in [1.54, 1.807) is 0 Å². The minimum Gasteiger partial charge on any atom is -0.351 e. The van der Waals surface area contributed by atoms with E-state index in [9.17, 15) is 0 Å². The number of fused-ring (bicyclic) bond motifs is 3. The van der Waals surface area contributed by atoms with E-state index in [0.29, 0.717) is 0 Å². The summed E-state index contributed by atoms with van der Waals surface area (Å²) in [6, 6.07) is 0. The summed E-state index contributed by atoms with van der Waals surface area (Å²) in [5.74, 6) is 1.06. The maximum absolute atomic E-state index is 4.89. The molecule has 0 radical (unpaired) electrons. The van der Waals surface area contributed by atoms with E-state index in [-0.39, 0.29) is 0 Å². The van der Waals surface area contributed by atoms with Gasteiger partial charge in [0.2, 0.25) is 0 Å². The standard InChI is InChI=1S/C15H21N5/c1-18-8-10-19(11-9-18)14-15-17-12-4-2-3-5-13(12)20(15)7-6-16-14/h6-7H,2-5,8-11H2,1H3. The van der Waals surface area contributed by atoms with Crippen molar-refractivity contribution in [1.82, 2.24) is 19.3 Å². The van der Waals surface area contributed by atoms with Crippen LogP contribution in [0.25, 0.3) is 5.65 Å². The minimum atomic E-state index is 1.04. The van der Waals surface area contributed by atoms with Crippen LogP contribution in [0.3, 0.4) is 0 Å². The second-order valence-electron chi connectivity index (χ2n) is 5.95. The molecule has 1 fully saturated rings. The van der Waals surface area contributed by atoms with E-state index >= 15 is 0 Å². The van der Waals surface area contributed by atoms with Crippen LogP contribution in [0, 0.1) is 0 Å². The molecule has 5 heteroatoms. The predicted octanol–water partition coefficient (Wildman–Crippen LogP) is 1.36. The van der Waals surface area contributed by atoms with E-state index in [4.69, 9.17) is 4.98 Å². The predicted molar refractivity (Wildman–Crippen MR) is 79.3 cm³/mol. The number of anilines is 1. The summed E-state index contributed by atoms with van der Waals surface area (Å²) >= 11 is 0. The van der Waals surface area contributed by atoms with Crippen LogP contribution in [0.5, 0.6) is 0 Å². The molecule has 2 aromatic heterocycles. The molecule has 0 aromatic carbocycles. The van der Waals surface area contributed by atoms with Crippen LogP contribution in [-0.4, -0.2) is 52.5 Å². The second kappa shape index (κ2) is 4.74. The highest BCUT2D eigenvalue weighted by Gasteiger charge is 2.22. The Labute approximate surface area is 119 Å². The van der Waals surface area contributed by atoms with Gasteiger partial charge in [-0.15, -0.1) is 0 Å². The monoisotopic (exact) mass is 271 g/mol. The van der Waals surface area contributed by atoms with Gasteiger partial charge in [0.1, 0.15) is 0 Å². The van der Waals surface area contributed by atoms with Gasteiger partial charge in [-0.1, -0.05) is 0 Å². The van der Waals surface area contributed by atoms with Gasteiger partial charge < -0.3 is 9.80 Å². The fraction of sp³-hybridized carbons (Fsp3) is 0.600. The van der Waals surface area contributed by atoms with Crippen LogP contribution >= 0.6 is 0 Å². The molecule has 2 aromatic rings. The number of likely N-dealkylation sites (N-methyl/N-ethyl adjacent to an activating group) is 1. The van der Waals surface area contributed by atoms with Gasteiger partial charge in [0, 0.05) is 44.3 Å². The number of aromatic nitrogens is 3. The van der Waals surface area contributed by atoms with E-state index in [1.807, 2.05) is 6.20 Å². The van der Waals surface area contributed by atoms with E-state index in [2.05, 4.69) is 32.4 Å². The van der Waals surface area contributed by atoms with Crippen molar-refractivity contribution in [2.75, 3.05) is 38.1 Å². The third-order valence-corrected chi connectivity index (χ3v) is 4.59. The first-order chi connectivity index (χ1) is 9.83. The summed E-state index contributed by atoms with van der Waals surface area (Å²) in [6.45, 7) is 4.29. The molecule has 1 aliphatic carbocycles. The third kappa shape index (κ3) is 1.88. The van der Waals surface area contributed by atoms with Crippen molar-refractivity contribution >= 4 is 11.5 Å². The highest BCUT2D eigenvalue weighted by molar-refractivity contribution is 5.66. The molecule has 0 bridgehead atoms. The number of piperazine rings is 1. The zero-order chi connectivity index (χ0) is 13.5. The lowest BCUT2D eigenvalue weighted by Crippen LogP contribution is -2.45. The Morgan fingerprint density at radius 3 is 2.70 bits per heavy atom. The number of imidazole rings is 1. The smallest absolute Gasteiger partial charge is 0.180 e. The molecule has 4 rings (SSSR count). The van der Waals surface area contributed by atoms with Crippen molar-refractivity contribution in [3.05, 3.63) is 23.8 Å². The Morgan fingerprint density at radius 2 is 1.85 bits per heavy atom. The largest absolute Gasteiger partial charge is 0.351 e. The van der Waals surface area contributed by atoms with Gasteiger partial charge in [0.05, 0.1) is 5.69 Å². The summed E-state index contributed by atoms with van der Waals surface area (Å²) < 4.78 is 2.27. The summed E-state index contributed by atoms with van der Waals surface area (Å²) in [7, 11) is 2.18. The first-order valence-electron chi connectivity index (χ1n) is 7.61. The Bertz CT molecular complexity index is 624. The van der Waals surface area contributed by atoms with Crippen LogP contribution in [0.1, 0.15) is 24.2 Å². The summed E-state index contributed by atoms with van der Waals surface area (Å²) in [5.41, 5.74) is 3.76. The van der Waals surface area contributed by atoms with Gasteiger partial charge in [-0.3, -0.25) is 4.40 Å². The molecule has 3 heterocycles. The molecule has 20 heavy (non-hydrogen) atoms. The highest BCUT2D eigenvalue weighted by atomic mass is 15.3. The molecular weight excluding hydrogens is 250 g/mol. The average Bonchev–Trinajstić information content (AvgIpc) is 2.87. The first kappa shape index (κ1) is 12.1. The summed E-state index contributed by atoms with van der Waals surface area (Å²) in [4.78, 5) is 14.3. The molecular formula is C15H21N5. The Kier molecular flexibility index (Phi) is 2.88. The normalized spacial score (nSPS) is 20.4. The molecule has 0 unspecified atom stereocenters. The lowest BCUT2D eigenvalue weighted by Gasteiger charge is -2.33. The molecule has 0 amide bonds. The number of rotatable bonds is 1. The van der Waals surface area contributed by atoms with Crippen LogP contribution in [-0.2, 0) is 12.8 Å². The molecule has 0 saturated carbocycles. The summed E-state index contributed by atoms with van der Waals surface area (Å²) in [5, 5.41) is 0. The molecule has 2 aliphatic rings. The Morgan fingerprint density at radius 1 is 1.05 bits per heavy atom. The van der Waals surface area contributed by atoms with Crippen molar-refractivity contribution in [3.8, 4) is 0 Å². The maximum Gasteiger partial charge on any atom is 0.180 e. The third-order valence-electron chi connectivity index (χ3n) is 4.59. The van der Waals surface area contributed by atoms with Crippen molar-refractivity contribution in [2.45, 2.75) is 25.7 Å². The Balaban J connectivity index is 1.78. The number of hydrogen-bond donors (Lipinski definition) is 0. The molecule has 0 spiro atoms. The van der Waals surface area contributed by atoms with Crippen LogP contribution in [0.2, 0.25) is 0 Å². The fourth-order valence-electron chi connectivity index (χ4n) is 3.35. The molecule has 5 nitrogen and oxygen atoms in total. The lowest BCUT2D eigenvalue weighted by molar-refractivity contribution is 0.312. The SMILES string of the molecule is CN1CCN(c2nccn3c4c(nc23)CCCC4)CC1. The van der Waals surface area contributed by atoms with E-state index in [0.717, 1.165) is 50.5 Å². The molecule has 1 saturated heterocycles. The van der Waals surface area contributed by atoms with Gasteiger partial charge >= 0.3 is 0 Å². The lowest BCUT2D eigenvalue weighted by atomic mass is 10.0. The van der Waals surface area contributed by atoms with Crippen molar-refractivity contribution in [3.63, 3.8) is 0 Å². The fourth-order valence-corrected chi connectivity index (χ4v) is 3.35. The molecule has 0 N–H and O–H groups in total. The topological polar surface area (TPSA) is 36.7 Å². The van der Waals surface area contributed by atoms with Gasteiger partial charge in [-0.2, -0.15) is 0 Å².